The van der Waals surface area contributed by atoms with Gasteiger partial charge in [-0.2, -0.15) is 0 Å². The molecule has 7 heteroatoms. The molecule has 0 aromatic carbocycles. The molecule has 1 aromatic heterocycles. The van der Waals surface area contributed by atoms with Crippen LogP contribution in [0.3, 0.4) is 0 Å². The summed E-state index contributed by atoms with van der Waals surface area (Å²) in [6.45, 7) is 7.49. The molecule has 2 fully saturated rings. The molecule has 3 heterocycles. The second-order valence-corrected chi connectivity index (χ2v) is 8.32. The molecule has 0 aliphatic carbocycles. The zero-order chi connectivity index (χ0) is 20.6. The molecular weight excluding hydrogens is 366 g/mol. The van der Waals surface area contributed by atoms with Crippen molar-refractivity contribution in [2.24, 2.45) is 5.92 Å². The fourth-order valence-electron chi connectivity index (χ4n) is 4.30. The van der Waals surface area contributed by atoms with E-state index in [-0.39, 0.29) is 17.7 Å². The minimum Gasteiger partial charge on any atom is -0.350 e. The van der Waals surface area contributed by atoms with Gasteiger partial charge in [0.25, 0.3) is 0 Å². The molecule has 1 atom stereocenters. The molecule has 160 valence electrons. The van der Waals surface area contributed by atoms with Gasteiger partial charge in [-0.25, -0.2) is 0 Å². The first-order chi connectivity index (χ1) is 14.1. The largest absolute Gasteiger partial charge is 0.350 e. The van der Waals surface area contributed by atoms with Gasteiger partial charge in [0.2, 0.25) is 11.8 Å². The summed E-state index contributed by atoms with van der Waals surface area (Å²) in [6.07, 6.45) is 5.77. The maximum atomic E-state index is 12.6. The van der Waals surface area contributed by atoms with Crippen molar-refractivity contribution in [2.75, 3.05) is 46.3 Å². The Balaban J connectivity index is 1.43. The Labute approximate surface area is 174 Å². The van der Waals surface area contributed by atoms with E-state index in [0.717, 1.165) is 64.1 Å². The predicted octanol–water partition coefficient (Wildman–Crippen LogP) is 1.35. The van der Waals surface area contributed by atoms with E-state index in [2.05, 4.69) is 22.1 Å². The molecule has 7 nitrogen and oxygen atoms in total. The topological polar surface area (TPSA) is 68.8 Å². The Morgan fingerprint density at radius 1 is 1.21 bits per heavy atom. The van der Waals surface area contributed by atoms with Crippen LogP contribution in [0.25, 0.3) is 0 Å². The smallest absolute Gasteiger partial charge is 0.236 e. The predicted molar refractivity (Wildman–Crippen MR) is 113 cm³/mol. The van der Waals surface area contributed by atoms with Crippen LogP contribution < -0.4 is 5.32 Å². The molecule has 2 aliphatic heterocycles. The summed E-state index contributed by atoms with van der Waals surface area (Å²) in [6, 6.07) is 6.23. The Hall–Kier alpha value is -1.99. The van der Waals surface area contributed by atoms with Gasteiger partial charge in [0, 0.05) is 31.9 Å². The second-order valence-electron chi connectivity index (χ2n) is 8.32. The summed E-state index contributed by atoms with van der Waals surface area (Å²) in [5.41, 5.74) is 0.888. The fourth-order valence-corrected chi connectivity index (χ4v) is 4.30. The average molecular weight is 402 g/mol. The van der Waals surface area contributed by atoms with Crippen molar-refractivity contribution in [3.05, 3.63) is 30.1 Å². The lowest BCUT2D eigenvalue weighted by Gasteiger charge is -2.42. The number of rotatable bonds is 7. The number of carbonyl (C=O) groups excluding carboxylic acids is 2. The lowest BCUT2D eigenvalue weighted by molar-refractivity contribution is -0.133. The molecule has 0 bridgehead atoms. The third kappa shape index (κ3) is 6.24. The highest BCUT2D eigenvalue weighted by atomic mass is 16.2. The van der Waals surface area contributed by atoms with E-state index in [9.17, 15) is 9.59 Å². The lowest BCUT2D eigenvalue weighted by Crippen LogP contribution is -2.52. The van der Waals surface area contributed by atoms with Gasteiger partial charge in [-0.05, 0) is 58.0 Å². The Morgan fingerprint density at radius 3 is 2.69 bits per heavy atom. The fraction of sp³-hybridized carbons (Fsp3) is 0.682. The van der Waals surface area contributed by atoms with Crippen LogP contribution >= 0.6 is 0 Å². The van der Waals surface area contributed by atoms with Crippen molar-refractivity contribution in [1.29, 1.82) is 0 Å². The number of aromatic nitrogens is 1. The maximum absolute atomic E-state index is 12.6. The number of amides is 2. The van der Waals surface area contributed by atoms with Crippen molar-refractivity contribution >= 4 is 11.8 Å². The van der Waals surface area contributed by atoms with Gasteiger partial charge < -0.3 is 10.2 Å². The quantitative estimate of drug-likeness (QED) is 0.747. The Kier molecular flexibility index (Phi) is 8.00. The van der Waals surface area contributed by atoms with Crippen LogP contribution in [0.4, 0.5) is 0 Å². The van der Waals surface area contributed by atoms with Crippen LogP contribution in [0.5, 0.6) is 0 Å². The molecule has 2 saturated heterocycles. The minimum absolute atomic E-state index is 0.0466. The first-order valence-electron chi connectivity index (χ1n) is 10.9. The monoisotopic (exact) mass is 401 g/mol. The van der Waals surface area contributed by atoms with Crippen LogP contribution in [-0.2, 0) is 16.1 Å². The zero-order valence-electron chi connectivity index (χ0n) is 17.8. The number of hydrogen-bond donors (Lipinski definition) is 1. The summed E-state index contributed by atoms with van der Waals surface area (Å²) >= 11 is 0. The van der Waals surface area contributed by atoms with Crippen molar-refractivity contribution in [3.8, 4) is 0 Å². The van der Waals surface area contributed by atoms with Crippen molar-refractivity contribution in [1.82, 2.24) is 25.0 Å². The number of likely N-dealkylation sites (N-methyl/N-ethyl adjacent to an activating group) is 1. The molecule has 1 N–H and O–H groups in total. The van der Waals surface area contributed by atoms with Crippen LogP contribution in [0.15, 0.2) is 24.4 Å². The normalized spacial score (nSPS) is 21.3. The number of carbonyl (C=O) groups is 2. The van der Waals surface area contributed by atoms with E-state index in [4.69, 9.17) is 0 Å². The van der Waals surface area contributed by atoms with Gasteiger partial charge in [0.15, 0.2) is 0 Å². The average Bonchev–Trinajstić information content (AvgIpc) is 2.78. The molecular formula is C22H35N5O2. The Morgan fingerprint density at radius 2 is 2.00 bits per heavy atom. The van der Waals surface area contributed by atoms with E-state index in [1.54, 1.807) is 6.20 Å². The van der Waals surface area contributed by atoms with E-state index in [1.165, 1.54) is 0 Å². The van der Waals surface area contributed by atoms with E-state index < -0.39 is 0 Å². The zero-order valence-corrected chi connectivity index (χ0v) is 17.8. The third-order valence-corrected chi connectivity index (χ3v) is 6.27. The van der Waals surface area contributed by atoms with Crippen LogP contribution in [-0.4, -0.2) is 83.9 Å². The van der Waals surface area contributed by atoms with Gasteiger partial charge in [-0.1, -0.05) is 13.0 Å². The van der Waals surface area contributed by atoms with E-state index in [0.29, 0.717) is 19.1 Å². The summed E-state index contributed by atoms with van der Waals surface area (Å²) in [7, 11) is 1.98. The molecule has 0 saturated carbocycles. The summed E-state index contributed by atoms with van der Waals surface area (Å²) in [5.74, 6) is 0.416. The standard InChI is InChI=1S/C22H35N5O2/c1-3-25(2)17-21(28)26-13-9-20(10-14-26)27-12-6-7-18(16-27)22(29)24-15-19-8-4-5-11-23-19/h4-5,8,11,18,20H,3,6-7,9-10,12-17H2,1-2H3,(H,24,29)/t18-/m0/s1. The highest BCUT2D eigenvalue weighted by Gasteiger charge is 2.32. The van der Waals surface area contributed by atoms with E-state index in [1.807, 2.05) is 35.0 Å². The first-order valence-corrected chi connectivity index (χ1v) is 10.9. The van der Waals surface area contributed by atoms with Crippen molar-refractivity contribution in [3.63, 3.8) is 0 Å². The van der Waals surface area contributed by atoms with E-state index >= 15 is 0 Å². The van der Waals surface area contributed by atoms with Crippen LogP contribution in [0.2, 0.25) is 0 Å². The van der Waals surface area contributed by atoms with Gasteiger partial charge >= 0.3 is 0 Å². The SMILES string of the molecule is CCN(C)CC(=O)N1CCC(N2CCC[C@H](C(=O)NCc3ccccn3)C2)CC1. The molecule has 0 spiro atoms. The van der Waals surface area contributed by atoms with Crippen molar-refractivity contribution in [2.45, 2.75) is 45.2 Å². The number of nitrogens with one attached hydrogen (secondary N) is 1. The Bertz CT molecular complexity index is 660. The minimum atomic E-state index is 0.0466. The van der Waals surface area contributed by atoms with Gasteiger partial charge in [0.1, 0.15) is 0 Å². The summed E-state index contributed by atoms with van der Waals surface area (Å²) in [5, 5.41) is 3.05. The molecule has 0 unspecified atom stereocenters. The molecule has 0 radical (unpaired) electrons. The van der Waals surface area contributed by atoms with Crippen LogP contribution in [0, 0.1) is 5.92 Å². The van der Waals surface area contributed by atoms with Gasteiger partial charge in [-0.3, -0.25) is 24.4 Å². The number of pyridine rings is 1. The number of nitrogens with zero attached hydrogens (tertiary/aromatic N) is 4. The molecule has 1 aromatic rings. The number of likely N-dealkylation sites (tertiary alicyclic amines) is 2. The lowest BCUT2D eigenvalue weighted by atomic mass is 9.93. The first kappa shape index (κ1) is 21.7. The second kappa shape index (κ2) is 10.7. The van der Waals surface area contributed by atoms with Gasteiger partial charge in [-0.15, -0.1) is 0 Å². The van der Waals surface area contributed by atoms with Crippen LogP contribution in [0.1, 0.15) is 38.3 Å². The number of piperidine rings is 2. The highest BCUT2D eigenvalue weighted by molar-refractivity contribution is 5.79. The molecule has 2 amide bonds. The highest BCUT2D eigenvalue weighted by Crippen LogP contribution is 2.24. The molecule has 2 aliphatic rings. The summed E-state index contributed by atoms with van der Waals surface area (Å²) < 4.78 is 0. The van der Waals surface area contributed by atoms with Gasteiger partial charge in [0.05, 0.1) is 24.7 Å². The summed E-state index contributed by atoms with van der Waals surface area (Å²) in [4.78, 5) is 35.8. The van der Waals surface area contributed by atoms with Crippen molar-refractivity contribution < 1.29 is 9.59 Å². The maximum Gasteiger partial charge on any atom is 0.236 e. The molecule has 3 rings (SSSR count). The molecule has 29 heavy (non-hydrogen) atoms. The third-order valence-electron chi connectivity index (χ3n) is 6.27. The number of hydrogen-bond acceptors (Lipinski definition) is 5.